The van der Waals surface area contributed by atoms with E-state index in [4.69, 9.17) is 9.47 Å². The van der Waals surface area contributed by atoms with Gasteiger partial charge in [0.05, 0.1) is 12.2 Å². The van der Waals surface area contributed by atoms with Gasteiger partial charge in [-0.15, -0.1) is 0 Å². The predicted molar refractivity (Wildman–Crippen MR) is 125 cm³/mol. The quantitative estimate of drug-likeness (QED) is 0.604. The minimum Gasteiger partial charge on any atom is -0.491 e. The molecule has 0 aliphatic carbocycles. The fourth-order valence-electron chi connectivity index (χ4n) is 4.34. The van der Waals surface area contributed by atoms with Crippen LogP contribution >= 0.6 is 0 Å². The summed E-state index contributed by atoms with van der Waals surface area (Å²) >= 11 is 0. The molecule has 1 heterocycles. The Labute approximate surface area is 187 Å². The number of amides is 1. The van der Waals surface area contributed by atoms with E-state index in [1.54, 1.807) is 0 Å². The standard InChI is InChI=1S/C27H37NO3/c1-19(2)25-16-27(14-15-30-25,23-10-6-21(5)7-11-23)17-26(29)28-18-22-8-12-24(13-9-22)31-20(3)4/h6-13,19-20,25H,14-18H2,1-5H3,(H,28,29)/t25-,27-/m1/s1. The van der Waals surface area contributed by atoms with E-state index >= 15 is 0 Å². The first-order chi connectivity index (χ1) is 14.8. The molecule has 2 atom stereocenters. The highest BCUT2D eigenvalue weighted by Gasteiger charge is 2.41. The van der Waals surface area contributed by atoms with Gasteiger partial charge in [0.15, 0.2) is 0 Å². The van der Waals surface area contributed by atoms with Crippen molar-refractivity contribution in [2.24, 2.45) is 5.92 Å². The Hall–Kier alpha value is -2.33. The maximum atomic E-state index is 13.0. The zero-order valence-corrected chi connectivity index (χ0v) is 19.6. The summed E-state index contributed by atoms with van der Waals surface area (Å²) in [5.41, 5.74) is 3.37. The Balaban J connectivity index is 1.69. The molecule has 0 unspecified atom stereocenters. The summed E-state index contributed by atoms with van der Waals surface area (Å²) in [4.78, 5) is 13.0. The van der Waals surface area contributed by atoms with Gasteiger partial charge in [-0.25, -0.2) is 0 Å². The van der Waals surface area contributed by atoms with Gasteiger partial charge in [0.25, 0.3) is 0 Å². The van der Waals surface area contributed by atoms with Crippen LogP contribution in [0, 0.1) is 12.8 Å². The van der Waals surface area contributed by atoms with Crippen molar-refractivity contribution < 1.29 is 14.3 Å². The van der Waals surface area contributed by atoms with Crippen molar-refractivity contribution >= 4 is 5.91 Å². The number of hydrogen-bond acceptors (Lipinski definition) is 3. The fourth-order valence-corrected chi connectivity index (χ4v) is 4.34. The molecule has 1 aliphatic heterocycles. The first kappa shape index (κ1) is 23.3. The third-order valence-corrected chi connectivity index (χ3v) is 6.20. The van der Waals surface area contributed by atoms with Crippen LogP contribution in [-0.4, -0.2) is 24.7 Å². The summed E-state index contributed by atoms with van der Waals surface area (Å²) in [6, 6.07) is 16.6. The van der Waals surface area contributed by atoms with Gasteiger partial charge in [0, 0.05) is 25.0 Å². The summed E-state index contributed by atoms with van der Waals surface area (Å²) in [6.07, 6.45) is 2.56. The van der Waals surface area contributed by atoms with E-state index in [0.29, 0.717) is 25.5 Å². The first-order valence-corrected chi connectivity index (χ1v) is 11.5. The molecule has 31 heavy (non-hydrogen) atoms. The second-order valence-electron chi connectivity index (χ2n) is 9.52. The summed E-state index contributed by atoms with van der Waals surface area (Å²) < 4.78 is 11.7. The monoisotopic (exact) mass is 423 g/mol. The number of carbonyl (C=O) groups excluding carboxylic acids is 1. The normalized spacial score (nSPS) is 21.3. The number of rotatable bonds is 8. The lowest BCUT2D eigenvalue weighted by atomic mass is 9.68. The van der Waals surface area contributed by atoms with Crippen molar-refractivity contribution in [1.82, 2.24) is 5.32 Å². The molecule has 1 fully saturated rings. The third-order valence-electron chi connectivity index (χ3n) is 6.20. The van der Waals surface area contributed by atoms with Gasteiger partial charge in [-0.3, -0.25) is 4.79 Å². The molecule has 2 aromatic carbocycles. The smallest absolute Gasteiger partial charge is 0.221 e. The Kier molecular flexibility index (Phi) is 7.77. The summed E-state index contributed by atoms with van der Waals surface area (Å²) in [5, 5.41) is 3.14. The van der Waals surface area contributed by atoms with Gasteiger partial charge in [0.2, 0.25) is 5.91 Å². The first-order valence-electron chi connectivity index (χ1n) is 11.5. The number of benzene rings is 2. The van der Waals surface area contributed by atoms with Gasteiger partial charge in [0.1, 0.15) is 5.75 Å². The molecule has 1 saturated heterocycles. The molecule has 1 aliphatic rings. The SMILES string of the molecule is Cc1ccc([C@]2(CC(=O)NCc3ccc(OC(C)C)cc3)CCO[C@@H](C(C)C)C2)cc1. The van der Waals surface area contributed by atoms with Crippen molar-refractivity contribution in [3.05, 3.63) is 65.2 Å². The number of ether oxygens (including phenoxy) is 2. The van der Waals surface area contributed by atoms with Crippen LogP contribution < -0.4 is 10.1 Å². The van der Waals surface area contributed by atoms with Crippen molar-refractivity contribution in [3.8, 4) is 5.75 Å². The van der Waals surface area contributed by atoms with E-state index < -0.39 is 0 Å². The highest BCUT2D eigenvalue weighted by atomic mass is 16.5. The Morgan fingerprint density at radius 1 is 1.10 bits per heavy atom. The predicted octanol–water partition coefficient (Wildman–Crippen LogP) is 5.56. The van der Waals surface area contributed by atoms with Crippen molar-refractivity contribution in [3.63, 3.8) is 0 Å². The molecule has 0 aromatic heterocycles. The molecule has 1 N–H and O–H groups in total. The molecule has 3 rings (SSSR count). The largest absolute Gasteiger partial charge is 0.491 e. The van der Waals surface area contributed by atoms with Crippen LogP contribution in [0.4, 0.5) is 0 Å². The molecule has 4 heteroatoms. The Morgan fingerprint density at radius 3 is 2.39 bits per heavy atom. The summed E-state index contributed by atoms with van der Waals surface area (Å²) in [7, 11) is 0. The van der Waals surface area contributed by atoms with Crippen LogP contribution in [0.5, 0.6) is 5.75 Å². The van der Waals surface area contributed by atoms with Gasteiger partial charge in [-0.2, -0.15) is 0 Å². The third kappa shape index (κ3) is 6.33. The van der Waals surface area contributed by atoms with Crippen molar-refractivity contribution in [1.29, 1.82) is 0 Å². The van der Waals surface area contributed by atoms with E-state index in [0.717, 1.165) is 24.2 Å². The lowest BCUT2D eigenvalue weighted by molar-refractivity contribution is -0.124. The molecular weight excluding hydrogens is 386 g/mol. The molecule has 1 amide bonds. The van der Waals surface area contributed by atoms with Gasteiger partial charge >= 0.3 is 0 Å². The topological polar surface area (TPSA) is 47.6 Å². The number of hydrogen-bond donors (Lipinski definition) is 1. The van der Waals surface area contributed by atoms with Crippen LogP contribution in [0.25, 0.3) is 0 Å². The second-order valence-corrected chi connectivity index (χ2v) is 9.52. The van der Waals surface area contributed by atoms with Crippen LogP contribution in [0.1, 0.15) is 63.6 Å². The van der Waals surface area contributed by atoms with E-state index in [2.05, 4.69) is 50.4 Å². The molecule has 0 saturated carbocycles. The van der Waals surface area contributed by atoms with Crippen molar-refractivity contribution in [2.75, 3.05) is 6.61 Å². The van der Waals surface area contributed by atoms with Gasteiger partial charge in [-0.05, 0) is 62.8 Å². The molecule has 0 radical (unpaired) electrons. The van der Waals surface area contributed by atoms with E-state index in [1.807, 2.05) is 38.1 Å². The highest BCUT2D eigenvalue weighted by molar-refractivity contribution is 5.77. The molecule has 0 bridgehead atoms. The van der Waals surface area contributed by atoms with Crippen LogP contribution in [0.3, 0.4) is 0 Å². The molecule has 0 spiro atoms. The molecular formula is C27H37NO3. The Morgan fingerprint density at radius 2 is 1.77 bits per heavy atom. The summed E-state index contributed by atoms with van der Waals surface area (Å²) in [5.74, 6) is 1.37. The number of carbonyl (C=O) groups is 1. The van der Waals surface area contributed by atoms with Crippen LogP contribution in [0.2, 0.25) is 0 Å². The highest BCUT2D eigenvalue weighted by Crippen LogP contribution is 2.42. The minimum atomic E-state index is -0.181. The minimum absolute atomic E-state index is 0.0903. The lowest BCUT2D eigenvalue weighted by Gasteiger charge is -2.42. The molecule has 168 valence electrons. The number of nitrogens with one attached hydrogen (secondary N) is 1. The van der Waals surface area contributed by atoms with E-state index in [9.17, 15) is 4.79 Å². The zero-order chi connectivity index (χ0) is 22.4. The maximum absolute atomic E-state index is 13.0. The summed E-state index contributed by atoms with van der Waals surface area (Å²) in [6.45, 7) is 11.7. The molecule has 2 aromatic rings. The zero-order valence-electron chi connectivity index (χ0n) is 19.6. The van der Waals surface area contributed by atoms with E-state index in [1.165, 1.54) is 11.1 Å². The number of aryl methyl sites for hydroxylation is 1. The lowest BCUT2D eigenvalue weighted by Crippen LogP contribution is -2.44. The fraction of sp³-hybridized carbons (Fsp3) is 0.519. The Bertz CT molecular complexity index is 842. The van der Waals surface area contributed by atoms with Crippen molar-refractivity contribution in [2.45, 2.75) is 78.0 Å². The van der Waals surface area contributed by atoms with Gasteiger partial charge in [-0.1, -0.05) is 55.8 Å². The average Bonchev–Trinajstić information content (AvgIpc) is 2.73. The average molecular weight is 424 g/mol. The maximum Gasteiger partial charge on any atom is 0.221 e. The second kappa shape index (κ2) is 10.3. The van der Waals surface area contributed by atoms with Crippen LogP contribution in [0.15, 0.2) is 48.5 Å². The van der Waals surface area contributed by atoms with Crippen LogP contribution in [-0.2, 0) is 21.5 Å². The van der Waals surface area contributed by atoms with E-state index in [-0.39, 0.29) is 23.5 Å². The van der Waals surface area contributed by atoms with Gasteiger partial charge < -0.3 is 14.8 Å². The molecule has 4 nitrogen and oxygen atoms in total.